The zero-order valence-corrected chi connectivity index (χ0v) is 15.7. The average Bonchev–Trinajstić information content (AvgIpc) is 3.32. The van der Waals surface area contributed by atoms with Gasteiger partial charge >= 0.3 is 5.97 Å². The first-order chi connectivity index (χ1) is 12.5. The lowest BCUT2D eigenvalue weighted by molar-refractivity contribution is -0.144. The zero-order chi connectivity index (χ0) is 18.7. The van der Waals surface area contributed by atoms with Crippen molar-refractivity contribution in [2.24, 2.45) is 5.92 Å². The molecule has 0 aliphatic heterocycles. The Labute approximate surface area is 155 Å². The highest BCUT2D eigenvalue weighted by Gasteiger charge is 2.27. The monoisotopic (exact) mass is 371 g/mol. The van der Waals surface area contributed by atoms with Crippen LogP contribution in [0.5, 0.6) is 0 Å². The molecule has 0 bridgehead atoms. The lowest BCUT2D eigenvalue weighted by Gasteiger charge is -2.21. The van der Waals surface area contributed by atoms with E-state index in [1.807, 2.05) is 49.0 Å². The van der Waals surface area contributed by atoms with Gasteiger partial charge in [-0.3, -0.25) is 4.79 Å². The molecular formula is C19H21N3O3S. The third-order valence-electron chi connectivity index (χ3n) is 4.42. The maximum absolute atomic E-state index is 12.6. The van der Waals surface area contributed by atoms with Gasteiger partial charge in [-0.2, -0.15) is 0 Å². The average molecular weight is 371 g/mol. The van der Waals surface area contributed by atoms with Gasteiger partial charge in [0.15, 0.2) is 5.13 Å². The van der Waals surface area contributed by atoms with Crippen LogP contribution in [-0.2, 0) is 9.53 Å². The fourth-order valence-corrected chi connectivity index (χ4v) is 3.62. The predicted molar refractivity (Wildman–Crippen MR) is 102 cm³/mol. The van der Waals surface area contributed by atoms with Crippen molar-refractivity contribution in [1.82, 2.24) is 14.9 Å². The number of thiazole rings is 1. The minimum atomic E-state index is -0.662. The third-order valence-corrected chi connectivity index (χ3v) is 5.45. The summed E-state index contributed by atoms with van der Waals surface area (Å²) in [5, 5.41) is 3.64. The smallest absolute Gasteiger partial charge is 0.328 e. The van der Waals surface area contributed by atoms with Crippen LogP contribution in [0.3, 0.4) is 0 Å². The Morgan fingerprint density at radius 1 is 1.31 bits per heavy atom. The van der Waals surface area contributed by atoms with Crippen molar-refractivity contribution in [1.29, 1.82) is 0 Å². The molecule has 1 amide bonds. The van der Waals surface area contributed by atoms with E-state index in [0.717, 1.165) is 21.8 Å². The second-order valence-corrected chi connectivity index (χ2v) is 7.14. The summed E-state index contributed by atoms with van der Waals surface area (Å²) < 4.78 is 7.67. The Bertz CT molecular complexity index is 917. The number of aromatic nitrogens is 2. The summed E-state index contributed by atoms with van der Waals surface area (Å²) in [6, 6.07) is 8.57. The molecule has 0 spiro atoms. The maximum Gasteiger partial charge on any atom is 0.328 e. The number of nitrogens with one attached hydrogen (secondary N) is 1. The van der Waals surface area contributed by atoms with Crippen molar-refractivity contribution in [3.8, 4) is 5.13 Å². The van der Waals surface area contributed by atoms with E-state index >= 15 is 0 Å². The van der Waals surface area contributed by atoms with Crippen LogP contribution in [0.4, 0.5) is 0 Å². The normalized spacial score (nSPS) is 13.3. The molecule has 3 rings (SSSR count). The number of benzene rings is 1. The number of rotatable bonds is 6. The van der Waals surface area contributed by atoms with Gasteiger partial charge in [-0.05, 0) is 36.2 Å². The lowest BCUT2D eigenvalue weighted by Crippen LogP contribution is -2.45. The van der Waals surface area contributed by atoms with Crippen molar-refractivity contribution in [2.75, 3.05) is 7.11 Å². The number of hydrogen-bond donors (Lipinski definition) is 1. The Balaban J connectivity index is 1.84. The van der Waals surface area contributed by atoms with Gasteiger partial charge in [0.1, 0.15) is 6.04 Å². The SMILES string of the molecule is CC[C@H](C)[C@H](NC(=O)c1ccc2nc(-n3cccc3)sc2c1)C(=O)OC. The van der Waals surface area contributed by atoms with Gasteiger partial charge in [0.2, 0.25) is 0 Å². The van der Waals surface area contributed by atoms with E-state index in [2.05, 4.69) is 10.3 Å². The summed E-state index contributed by atoms with van der Waals surface area (Å²) in [6.07, 6.45) is 4.62. The topological polar surface area (TPSA) is 73.2 Å². The Morgan fingerprint density at radius 3 is 2.69 bits per heavy atom. The number of nitrogens with zero attached hydrogens (tertiary/aromatic N) is 2. The summed E-state index contributed by atoms with van der Waals surface area (Å²) in [4.78, 5) is 29.2. The summed E-state index contributed by atoms with van der Waals surface area (Å²) in [5.74, 6) is -0.737. The highest BCUT2D eigenvalue weighted by atomic mass is 32.1. The predicted octanol–water partition coefficient (Wildman–Crippen LogP) is 3.40. The molecular weight excluding hydrogens is 350 g/mol. The first kappa shape index (κ1) is 18.1. The molecule has 0 saturated carbocycles. The molecule has 2 aromatic heterocycles. The summed E-state index contributed by atoms with van der Waals surface area (Å²) in [6.45, 7) is 3.89. The van der Waals surface area contributed by atoms with Gasteiger partial charge in [0, 0.05) is 18.0 Å². The van der Waals surface area contributed by atoms with E-state index in [1.54, 1.807) is 12.1 Å². The van der Waals surface area contributed by atoms with Crippen LogP contribution in [0.1, 0.15) is 30.6 Å². The molecule has 0 radical (unpaired) electrons. The molecule has 1 aromatic carbocycles. The largest absolute Gasteiger partial charge is 0.467 e. The van der Waals surface area contributed by atoms with Crippen LogP contribution in [0.2, 0.25) is 0 Å². The first-order valence-electron chi connectivity index (χ1n) is 8.46. The minimum absolute atomic E-state index is 0.0149. The standard InChI is InChI=1S/C19H21N3O3S/c1-4-12(2)16(18(24)25-3)21-17(23)13-7-8-14-15(11-13)26-19(20-14)22-9-5-6-10-22/h5-12,16H,4H2,1-3H3,(H,21,23)/t12-,16-/m0/s1. The van der Waals surface area contributed by atoms with Gasteiger partial charge in [0.05, 0.1) is 17.3 Å². The molecule has 0 unspecified atom stereocenters. The fraction of sp³-hybridized carbons (Fsp3) is 0.316. The zero-order valence-electron chi connectivity index (χ0n) is 14.9. The molecule has 0 aliphatic rings. The van der Waals surface area contributed by atoms with E-state index in [9.17, 15) is 9.59 Å². The summed E-state index contributed by atoms with van der Waals surface area (Å²) in [7, 11) is 1.33. The lowest BCUT2D eigenvalue weighted by atomic mass is 9.99. The minimum Gasteiger partial charge on any atom is -0.467 e. The van der Waals surface area contributed by atoms with E-state index in [-0.39, 0.29) is 11.8 Å². The molecule has 0 saturated heterocycles. The Hall–Kier alpha value is -2.67. The number of amides is 1. The summed E-state index contributed by atoms with van der Waals surface area (Å²) >= 11 is 1.51. The van der Waals surface area contributed by atoms with Crippen LogP contribution in [0, 0.1) is 5.92 Å². The molecule has 3 aromatic rings. The molecule has 136 valence electrons. The van der Waals surface area contributed by atoms with Crippen molar-refractivity contribution in [2.45, 2.75) is 26.3 Å². The van der Waals surface area contributed by atoms with Gasteiger partial charge < -0.3 is 14.6 Å². The summed E-state index contributed by atoms with van der Waals surface area (Å²) in [5.41, 5.74) is 1.33. The second-order valence-electron chi connectivity index (χ2n) is 6.13. The molecule has 2 atom stereocenters. The van der Waals surface area contributed by atoms with Gasteiger partial charge in [-0.25, -0.2) is 9.78 Å². The number of carbonyl (C=O) groups is 2. The number of hydrogen-bond acceptors (Lipinski definition) is 5. The second kappa shape index (κ2) is 7.70. The number of ether oxygens (including phenoxy) is 1. The molecule has 1 N–H and O–H groups in total. The highest BCUT2D eigenvalue weighted by Crippen LogP contribution is 2.26. The van der Waals surface area contributed by atoms with Gasteiger partial charge in [0.25, 0.3) is 5.91 Å². The number of fused-ring (bicyclic) bond motifs is 1. The number of esters is 1. The highest BCUT2D eigenvalue weighted by molar-refractivity contribution is 7.20. The van der Waals surface area contributed by atoms with Crippen LogP contribution < -0.4 is 5.32 Å². The first-order valence-corrected chi connectivity index (χ1v) is 9.27. The molecule has 6 nitrogen and oxygen atoms in total. The number of carbonyl (C=O) groups excluding carboxylic acids is 2. The van der Waals surface area contributed by atoms with Crippen molar-refractivity contribution in [3.05, 3.63) is 48.3 Å². The molecule has 7 heteroatoms. The number of methoxy groups -OCH3 is 1. The van der Waals surface area contributed by atoms with Crippen LogP contribution >= 0.6 is 11.3 Å². The quantitative estimate of drug-likeness (QED) is 0.674. The van der Waals surface area contributed by atoms with E-state index in [1.165, 1.54) is 18.4 Å². The van der Waals surface area contributed by atoms with E-state index in [4.69, 9.17) is 4.74 Å². The van der Waals surface area contributed by atoms with Crippen LogP contribution in [0.15, 0.2) is 42.7 Å². The van der Waals surface area contributed by atoms with Crippen molar-refractivity contribution in [3.63, 3.8) is 0 Å². The maximum atomic E-state index is 12.6. The van der Waals surface area contributed by atoms with Gasteiger partial charge in [-0.1, -0.05) is 31.6 Å². The van der Waals surface area contributed by atoms with E-state index < -0.39 is 12.0 Å². The van der Waals surface area contributed by atoms with Crippen molar-refractivity contribution < 1.29 is 14.3 Å². The van der Waals surface area contributed by atoms with Crippen LogP contribution in [0.25, 0.3) is 15.3 Å². The van der Waals surface area contributed by atoms with E-state index in [0.29, 0.717) is 5.56 Å². The molecule has 0 aliphatic carbocycles. The van der Waals surface area contributed by atoms with Crippen molar-refractivity contribution >= 4 is 33.4 Å². The Kier molecular flexibility index (Phi) is 5.37. The Morgan fingerprint density at radius 2 is 2.04 bits per heavy atom. The molecule has 0 fully saturated rings. The third kappa shape index (κ3) is 3.62. The fourth-order valence-electron chi connectivity index (χ4n) is 2.65. The van der Waals surface area contributed by atoms with Gasteiger partial charge in [-0.15, -0.1) is 0 Å². The van der Waals surface area contributed by atoms with Crippen LogP contribution in [-0.4, -0.2) is 34.6 Å². The molecule has 2 heterocycles. The molecule has 26 heavy (non-hydrogen) atoms.